The van der Waals surface area contributed by atoms with Crippen LogP contribution in [0.3, 0.4) is 0 Å². The van der Waals surface area contributed by atoms with Gasteiger partial charge >= 0.3 is 0 Å². The fraction of sp³-hybridized carbons (Fsp3) is 0.381. The summed E-state index contributed by atoms with van der Waals surface area (Å²) in [7, 11) is 0. The highest BCUT2D eigenvalue weighted by molar-refractivity contribution is 5.95. The van der Waals surface area contributed by atoms with E-state index in [0.717, 1.165) is 37.8 Å². The number of nitrogens with zero attached hydrogens (tertiary/aromatic N) is 1. The largest absolute Gasteiger partial charge is 0.368 e. The van der Waals surface area contributed by atoms with Crippen molar-refractivity contribution in [3.63, 3.8) is 0 Å². The molecule has 2 aliphatic rings. The van der Waals surface area contributed by atoms with Crippen LogP contribution in [-0.4, -0.2) is 18.5 Å². The van der Waals surface area contributed by atoms with Gasteiger partial charge in [0.25, 0.3) is 0 Å². The van der Waals surface area contributed by atoms with Crippen LogP contribution in [-0.2, 0) is 6.42 Å². The second-order valence-corrected chi connectivity index (χ2v) is 7.08. The van der Waals surface area contributed by atoms with E-state index in [2.05, 4.69) is 42.2 Å². The third-order valence-corrected chi connectivity index (χ3v) is 5.75. The molecule has 2 aromatic rings. The van der Waals surface area contributed by atoms with E-state index in [1.54, 1.807) is 0 Å². The maximum Gasteiger partial charge on any atom is 0.248 e. The van der Waals surface area contributed by atoms with Gasteiger partial charge in [-0.25, -0.2) is 0 Å². The summed E-state index contributed by atoms with van der Waals surface area (Å²) < 4.78 is 0. The second-order valence-electron chi connectivity index (χ2n) is 7.08. The molecule has 2 atom stereocenters. The van der Waals surface area contributed by atoms with Crippen LogP contribution >= 0.6 is 0 Å². The fourth-order valence-electron chi connectivity index (χ4n) is 4.72. The molecule has 0 radical (unpaired) electrons. The van der Waals surface area contributed by atoms with Crippen LogP contribution in [0.4, 0.5) is 5.69 Å². The lowest BCUT2D eigenvalue weighted by molar-refractivity contribution is 0.0998. The van der Waals surface area contributed by atoms with Crippen molar-refractivity contribution < 1.29 is 4.79 Å². The van der Waals surface area contributed by atoms with E-state index in [0.29, 0.717) is 12.0 Å². The van der Waals surface area contributed by atoms with Crippen molar-refractivity contribution in [2.24, 2.45) is 5.73 Å². The Morgan fingerprint density at radius 1 is 1.12 bits per heavy atom. The Balaban J connectivity index is 1.78. The van der Waals surface area contributed by atoms with Gasteiger partial charge in [0, 0.05) is 29.8 Å². The molecule has 1 aliphatic heterocycles. The smallest absolute Gasteiger partial charge is 0.248 e. The molecule has 2 N–H and O–H groups in total. The van der Waals surface area contributed by atoms with Crippen LogP contribution in [0.1, 0.15) is 52.2 Å². The van der Waals surface area contributed by atoms with Gasteiger partial charge in [-0.1, -0.05) is 30.3 Å². The summed E-state index contributed by atoms with van der Waals surface area (Å²) in [5.74, 6) is 0.117. The van der Waals surface area contributed by atoms with Crippen molar-refractivity contribution in [3.05, 3.63) is 64.7 Å². The van der Waals surface area contributed by atoms with Gasteiger partial charge in [-0.2, -0.15) is 0 Å². The molecular weight excluding hydrogens is 296 g/mol. The Bertz CT molecular complexity index is 783. The molecule has 3 heteroatoms. The first-order valence-corrected chi connectivity index (χ1v) is 8.90. The average Bonchev–Trinajstić information content (AvgIpc) is 2.61. The number of nitrogens with two attached hydrogens (primary N) is 1. The molecule has 0 bridgehead atoms. The summed E-state index contributed by atoms with van der Waals surface area (Å²) >= 11 is 0. The van der Waals surface area contributed by atoms with E-state index in [1.807, 2.05) is 12.1 Å². The van der Waals surface area contributed by atoms with E-state index in [4.69, 9.17) is 5.73 Å². The Hall–Kier alpha value is -2.29. The Kier molecular flexibility index (Phi) is 3.79. The van der Waals surface area contributed by atoms with Crippen molar-refractivity contribution in [2.75, 3.05) is 11.4 Å². The molecule has 1 saturated heterocycles. The number of hydrogen-bond acceptors (Lipinski definition) is 2. The summed E-state index contributed by atoms with van der Waals surface area (Å²) in [5, 5.41) is 0. The van der Waals surface area contributed by atoms with E-state index in [9.17, 15) is 4.79 Å². The molecular formula is C21H24N2O. The van der Waals surface area contributed by atoms with Crippen LogP contribution in [0.5, 0.6) is 0 Å². The number of primary amides is 1. The summed E-state index contributed by atoms with van der Waals surface area (Å²) in [6.07, 6.45) is 4.47. The lowest BCUT2D eigenvalue weighted by Gasteiger charge is -2.47. The molecule has 0 unspecified atom stereocenters. The van der Waals surface area contributed by atoms with Crippen molar-refractivity contribution in [1.82, 2.24) is 0 Å². The van der Waals surface area contributed by atoms with E-state index < -0.39 is 0 Å². The maximum absolute atomic E-state index is 12.0. The van der Waals surface area contributed by atoms with Crippen molar-refractivity contribution >= 4 is 11.6 Å². The lowest BCUT2D eigenvalue weighted by atomic mass is 9.72. The number of fused-ring (bicyclic) bond motifs is 3. The topological polar surface area (TPSA) is 46.3 Å². The first-order valence-electron chi connectivity index (χ1n) is 8.90. The highest BCUT2D eigenvalue weighted by Crippen LogP contribution is 2.44. The molecule has 1 aliphatic carbocycles. The van der Waals surface area contributed by atoms with Gasteiger partial charge < -0.3 is 10.6 Å². The number of aryl methyl sites for hydroxylation is 2. The lowest BCUT2D eigenvalue weighted by Crippen LogP contribution is -2.47. The normalized spacial score (nSPS) is 22.6. The molecule has 24 heavy (non-hydrogen) atoms. The van der Waals surface area contributed by atoms with E-state index in [-0.39, 0.29) is 5.91 Å². The Labute approximate surface area is 143 Å². The summed E-state index contributed by atoms with van der Waals surface area (Å²) in [6.45, 7) is 3.28. The molecule has 0 aromatic heterocycles. The summed E-state index contributed by atoms with van der Waals surface area (Å²) in [4.78, 5) is 14.5. The SMILES string of the molecule is Cc1ccccc1N1CCC[C@H]2c3c(cccc3C(N)=O)CC[C@@H]21. The molecule has 3 nitrogen and oxygen atoms in total. The van der Waals surface area contributed by atoms with Gasteiger partial charge in [-0.05, 0) is 61.4 Å². The number of rotatable bonds is 2. The predicted molar refractivity (Wildman–Crippen MR) is 97.6 cm³/mol. The van der Waals surface area contributed by atoms with Gasteiger partial charge in [-0.15, -0.1) is 0 Å². The van der Waals surface area contributed by atoms with E-state index in [1.165, 1.54) is 22.4 Å². The minimum Gasteiger partial charge on any atom is -0.368 e. The standard InChI is InChI=1S/C21H24N2O/c1-14-6-2-3-10-18(14)23-13-5-9-16-19(23)12-11-15-7-4-8-17(20(15)16)21(22)24/h2-4,6-8,10,16,19H,5,9,11-13H2,1H3,(H2,22,24)/t16-,19+/m1/s1. The minimum absolute atomic E-state index is 0.291. The number of amides is 1. The number of hydrogen-bond donors (Lipinski definition) is 1. The molecule has 4 rings (SSSR count). The molecule has 2 aromatic carbocycles. The Morgan fingerprint density at radius 3 is 2.75 bits per heavy atom. The number of piperidine rings is 1. The monoisotopic (exact) mass is 320 g/mol. The maximum atomic E-state index is 12.0. The minimum atomic E-state index is -0.291. The van der Waals surface area contributed by atoms with Crippen LogP contribution in [0, 0.1) is 6.92 Å². The van der Waals surface area contributed by atoms with Gasteiger partial charge in [0.15, 0.2) is 0 Å². The zero-order valence-electron chi connectivity index (χ0n) is 14.2. The second kappa shape index (κ2) is 5.97. The Morgan fingerprint density at radius 2 is 1.96 bits per heavy atom. The fourth-order valence-corrected chi connectivity index (χ4v) is 4.72. The first kappa shape index (κ1) is 15.3. The van der Waals surface area contributed by atoms with Crippen LogP contribution < -0.4 is 10.6 Å². The van der Waals surface area contributed by atoms with Crippen molar-refractivity contribution in [2.45, 2.75) is 44.6 Å². The summed E-state index contributed by atoms with van der Waals surface area (Å²) in [5.41, 5.74) is 11.6. The van der Waals surface area contributed by atoms with Crippen molar-refractivity contribution in [3.8, 4) is 0 Å². The highest BCUT2D eigenvalue weighted by atomic mass is 16.1. The highest BCUT2D eigenvalue weighted by Gasteiger charge is 2.38. The number of benzene rings is 2. The van der Waals surface area contributed by atoms with Gasteiger partial charge in [0.2, 0.25) is 5.91 Å². The number of anilines is 1. The number of para-hydroxylation sites is 1. The molecule has 0 spiro atoms. The quantitative estimate of drug-likeness (QED) is 0.915. The van der Waals surface area contributed by atoms with Crippen LogP contribution in [0.25, 0.3) is 0 Å². The third kappa shape index (κ3) is 2.39. The molecule has 0 saturated carbocycles. The molecule has 1 heterocycles. The molecule has 1 amide bonds. The number of carbonyl (C=O) groups excluding carboxylic acids is 1. The predicted octanol–water partition coefficient (Wildman–Crippen LogP) is 3.79. The molecule has 124 valence electrons. The van der Waals surface area contributed by atoms with Crippen LogP contribution in [0.2, 0.25) is 0 Å². The van der Waals surface area contributed by atoms with Crippen LogP contribution in [0.15, 0.2) is 42.5 Å². The zero-order valence-corrected chi connectivity index (χ0v) is 14.2. The van der Waals surface area contributed by atoms with E-state index >= 15 is 0 Å². The molecule has 1 fully saturated rings. The third-order valence-electron chi connectivity index (χ3n) is 5.75. The van der Waals surface area contributed by atoms with Gasteiger partial charge in [-0.3, -0.25) is 4.79 Å². The number of carbonyl (C=O) groups is 1. The van der Waals surface area contributed by atoms with Gasteiger partial charge in [0.1, 0.15) is 0 Å². The van der Waals surface area contributed by atoms with Gasteiger partial charge in [0.05, 0.1) is 0 Å². The summed E-state index contributed by atoms with van der Waals surface area (Å²) in [6, 6.07) is 15.1. The zero-order chi connectivity index (χ0) is 16.7. The van der Waals surface area contributed by atoms with Crippen molar-refractivity contribution in [1.29, 1.82) is 0 Å². The first-order chi connectivity index (χ1) is 11.7. The average molecular weight is 320 g/mol.